The predicted molar refractivity (Wildman–Crippen MR) is 74.2 cm³/mol. The maximum atomic E-state index is 11.6. The number of carbonyl (C=O) groups excluding carboxylic acids is 2. The lowest BCUT2D eigenvalue weighted by atomic mass is 9.90. The molecule has 0 aromatic carbocycles. The van der Waals surface area contributed by atoms with Gasteiger partial charge in [-0.05, 0) is 30.2 Å². The highest BCUT2D eigenvalue weighted by atomic mass is 32.1. The molecule has 4 nitrogen and oxygen atoms in total. The summed E-state index contributed by atoms with van der Waals surface area (Å²) in [6.07, 6.45) is 6.06. The Hall–Kier alpha value is -1.36. The number of ether oxygens (including phenoxy) is 1. The molecule has 0 aliphatic heterocycles. The molecule has 1 fully saturated rings. The van der Waals surface area contributed by atoms with E-state index in [9.17, 15) is 9.59 Å². The number of hydrogen-bond acceptors (Lipinski definition) is 4. The summed E-state index contributed by atoms with van der Waals surface area (Å²) in [7, 11) is 0. The van der Waals surface area contributed by atoms with Crippen LogP contribution in [0.15, 0.2) is 17.5 Å². The van der Waals surface area contributed by atoms with Crippen molar-refractivity contribution in [3.8, 4) is 0 Å². The van der Waals surface area contributed by atoms with Gasteiger partial charge in [-0.1, -0.05) is 25.3 Å². The van der Waals surface area contributed by atoms with Gasteiger partial charge >= 0.3 is 5.97 Å². The van der Waals surface area contributed by atoms with Crippen LogP contribution < -0.4 is 5.32 Å². The Morgan fingerprint density at radius 1 is 1.32 bits per heavy atom. The summed E-state index contributed by atoms with van der Waals surface area (Å²) in [6.45, 7) is 0.442. The highest BCUT2D eigenvalue weighted by Crippen LogP contribution is 2.23. The van der Waals surface area contributed by atoms with Crippen molar-refractivity contribution in [2.75, 3.05) is 13.2 Å². The molecular formula is C14H19NO3S. The summed E-state index contributed by atoms with van der Waals surface area (Å²) >= 11 is 1.35. The van der Waals surface area contributed by atoms with Gasteiger partial charge in [0.05, 0.1) is 11.5 Å². The first-order valence-corrected chi connectivity index (χ1v) is 7.61. The average molecular weight is 281 g/mol. The van der Waals surface area contributed by atoms with Crippen LogP contribution in [0, 0.1) is 5.92 Å². The summed E-state index contributed by atoms with van der Waals surface area (Å²) in [5.74, 6) is -0.0641. The lowest BCUT2D eigenvalue weighted by Gasteiger charge is -2.21. The summed E-state index contributed by atoms with van der Waals surface area (Å²) in [4.78, 5) is 23.7. The topological polar surface area (TPSA) is 55.4 Å². The van der Waals surface area contributed by atoms with Gasteiger partial charge in [0, 0.05) is 0 Å². The van der Waals surface area contributed by atoms with Gasteiger partial charge in [-0.2, -0.15) is 0 Å². The van der Waals surface area contributed by atoms with E-state index in [1.165, 1.54) is 30.6 Å². The lowest BCUT2D eigenvalue weighted by Crippen LogP contribution is -2.31. The van der Waals surface area contributed by atoms with Gasteiger partial charge in [0.1, 0.15) is 6.54 Å². The first-order chi connectivity index (χ1) is 9.25. The molecule has 1 saturated carbocycles. The fourth-order valence-corrected chi connectivity index (χ4v) is 2.90. The van der Waals surface area contributed by atoms with Crippen LogP contribution in [0.5, 0.6) is 0 Å². The zero-order valence-electron chi connectivity index (χ0n) is 10.9. The molecule has 1 aromatic rings. The van der Waals surface area contributed by atoms with E-state index in [1.54, 1.807) is 12.1 Å². The highest BCUT2D eigenvalue weighted by Gasteiger charge is 2.16. The maximum absolute atomic E-state index is 11.6. The van der Waals surface area contributed by atoms with Gasteiger partial charge in [0.2, 0.25) is 0 Å². The summed E-state index contributed by atoms with van der Waals surface area (Å²) < 4.78 is 5.20. The number of thiophene rings is 1. The molecule has 1 aliphatic rings. The molecule has 1 heterocycles. The third-order valence-electron chi connectivity index (χ3n) is 3.34. The molecule has 5 heteroatoms. The number of hydrogen-bond donors (Lipinski definition) is 1. The van der Waals surface area contributed by atoms with Crippen LogP contribution in [0.4, 0.5) is 0 Å². The lowest BCUT2D eigenvalue weighted by molar-refractivity contribution is -0.144. The number of esters is 1. The summed E-state index contributed by atoms with van der Waals surface area (Å²) in [6, 6.07) is 3.54. The van der Waals surface area contributed by atoms with Crippen molar-refractivity contribution in [2.45, 2.75) is 32.1 Å². The first kappa shape index (κ1) is 14.1. The van der Waals surface area contributed by atoms with Crippen LogP contribution in [-0.2, 0) is 9.53 Å². The Bertz CT molecular complexity index is 410. The zero-order chi connectivity index (χ0) is 13.5. The van der Waals surface area contributed by atoms with Crippen molar-refractivity contribution in [1.82, 2.24) is 5.32 Å². The second-order valence-corrected chi connectivity index (χ2v) is 5.79. The van der Waals surface area contributed by atoms with Crippen LogP contribution >= 0.6 is 11.3 Å². The first-order valence-electron chi connectivity index (χ1n) is 6.73. The van der Waals surface area contributed by atoms with Gasteiger partial charge in [0.25, 0.3) is 5.91 Å². The Morgan fingerprint density at radius 3 is 2.79 bits per heavy atom. The van der Waals surface area contributed by atoms with Crippen LogP contribution in [0.1, 0.15) is 41.8 Å². The molecule has 1 aliphatic carbocycles. The van der Waals surface area contributed by atoms with E-state index >= 15 is 0 Å². The normalized spacial score (nSPS) is 16.0. The standard InChI is InChI=1S/C14H19NO3S/c16-13(18-10-11-5-2-1-3-6-11)9-15-14(17)12-7-4-8-19-12/h4,7-8,11H,1-3,5-6,9-10H2,(H,15,17). The van der Waals surface area contributed by atoms with Crippen molar-refractivity contribution in [3.05, 3.63) is 22.4 Å². The van der Waals surface area contributed by atoms with Crippen LogP contribution in [0.2, 0.25) is 0 Å². The highest BCUT2D eigenvalue weighted by molar-refractivity contribution is 7.12. The number of carbonyl (C=O) groups is 2. The smallest absolute Gasteiger partial charge is 0.325 e. The van der Waals surface area contributed by atoms with Gasteiger partial charge in [-0.15, -0.1) is 11.3 Å². The fraction of sp³-hybridized carbons (Fsp3) is 0.571. The van der Waals surface area contributed by atoms with E-state index in [1.807, 2.05) is 5.38 Å². The molecule has 0 unspecified atom stereocenters. The van der Waals surface area contributed by atoms with Gasteiger partial charge in [-0.3, -0.25) is 9.59 Å². The van der Waals surface area contributed by atoms with E-state index in [4.69, 9.17) is 4.74 Å². The van der Waals surface area contributed by atoms with Crippen molar-refractivity contribution < 1.29 is 14.3 Å². The third kappa shape index (κ3) is 4.67. The summed E-state index contributed by atoms with van der Waals surface area (Å²) in [5.41, 5.74) is 0. The number of amides is 1. The van der Waals surface area contributed by atoms with Gasteiger partial charge in [-0.25, -0.2) is 0 Å². The number of rotatable bonds is 5. The quantitative estimate of drug-likeness (QED) is 0.844. The van der Waals surface area contributed by atoms with Gasteiger partial charge < -0.3 is 10.1 Å². The minimum atomic E-state index is -0.351. The minimum Gasteiger partial charge on any atom is -0.464 e. The second-order valence-electron chi connectivity index (χ2n) is 4.85. The van der Waals surface area contributed by atoms with E-state index in [0.717, 1.165) is 12.8 Å². The molecule has 1 amide bonds. The Balaban J connectivity index is 1.63. The largest absolute Gasteiger partial charge is 0.464 e. The molecule has 1 N–H and O–H groups in total. The van der Waals surface area contributed by atoms with Crippen molar-refractivity contribution in [3.63, 3.8) is 0 Å². The third-order valence-corrected chi connectivity index (χ3v) is 4.21. The van der Waals surface area contributed by atoms with Crippen LogP contribution in [-0.4, -0.2) is 25.0 Å². The Labute approximate surface area is 117 Å². The molecular weight excluding hydrogens is 262 g/mol. The number of nitrogens with one attached hydrogen (secondary N) is 1. The molecule has 0 radical (unpaired) electrons. The maximum Gasteiger partial charge on any atom is 0.325 e. The van der Waals surface area contributed by atoms with Crippen LogP contribution in [0.25, 0.3) is 0 Å². The van der Waals surface area contributed by atoms with Crippen molar-refractivity contribution >= 4 is 23.2 Å². The van der Waals surface area contributed by atoms with Crippen molar-refractivity contribution in [1.29, 1.82) is 0 Å². The Morgan fingerprint density at radius 2 is 2.11 bits per heavy atom. The summed E-state index contributed by atoms with van der Waals surface area (Å²) in [5, 5.41) is 4.40. The fourth-order valence-electron chi connectivity index (χ4n) is 2.26. The van der Waals surface area contributed by atoms with E-state index in [-0.39, 0.29) is 18.4 Å². The van der Waals surface area contributed by atoms with Crippen molar-refractivity contribution in [2.24, 2.45) is 5.92 Å². The van der Waals surface area contributed by atoms with E-state index in [2.05, 4.69) is 5.32 Å². The second kappa shape index (κ2) is 7.28. The molecule has 1 aromatic heterocycles. The minimum absolute atomic E-state index is 0.0521. The van der Waals surface area contributed by atoms with E-state index < -0.39 is 0 Å². The Kier molecular flexibility index (Phi) is 5.39. The molecule has 0 saturated heterocycles. The van der Waals surface area contributed by atoms with Gasteiger partial charge in [0.15, 0.2) is 0 Å². The predicted octanol–water partition coefficient (Wildman–Crippen LogP) is 2.60. The monoisotopic (exact) mass is 281 g/mol. The molecule has 2 rings (SSSR count). The molecule has 0 atom stereocenters. The molecule has 19 heavy (non-hydrogen) atoms. The van der Waals surface area contributed by atoms with Crippen LogP contribution in [0.3, 0.4) is 0 Å². The zero-order valence-corrected chi connectivity index (χ0v) is 11.7. The van der Waals surface area contributed by atoms with E-state index in [0.29, 0.717) is 17.4 Å². The molecule has 104 valence electrons. The SMILES string of the molecule is O=C(CNC(=O)c1cccs1)OCC1CCCCC1. The molecule has 0 bridgehead atoms. The average Bonchev–Trinajstić information content (AvgIpc) is 2.98. The molecule has 0 spiro atoms.